The summed E-state index contributed by atoms with van der Waals surface area (Å²) in [6.45, 7) is 3.83. The molecule has 0 fully saturated rings. The Morgan fingerprint density at radius 1 is 1.25 bits per heavy atom. The number of ether oxygens (including phenoxy) is 1. The molecule has 0 aliphatic heterocycles. The molecule has 24 heavy (non-hydrogen) atoms. The number of aromatic nitrogens is 2. The summed E-state index contributed by atoms with van der Waals surface area (Å²) in [7, 11) is 0. The lowest BCUT2D eigenvalue weighted by atomic mass is 10.2. The standard InChI is InChI=1S/C15H14F3N3O2S/c1-9(2)23-11-6-3-10(4-7-11)5-8-12(22)19-14-21-20-13(24-14)15(16,17)18/h3-9H,1-2H3,(H,19,21,22)/b8-5+. The second kappa shape index (κ2) is 7.43. The van der Waals surface area contributed by atoms with Crippen LogP contribution in [0.15, 0.2) is 30.3 Å². The molecule has 1 aromatic carbocycles. The first-order valence-electron chi connectivity index (χ1n) is 6.90. The average molecular weight is 357 g/mol. The molecule has 5 nitrogen and oxygen atoms in total. The molecule has 2 rings (SSSR count). The van der Waals surface area contributed by atoms with Gasteiger partial charge in [-0.05, 0) is 37.6 Å². The van der Waals surface area contributed by atoms with Crippen molar-refractivity contribution in [3.05, 3.63) is 40.9 Å². The van der Waals surface area contributed by atoms with Crippen LogP contribution in [0, 0.1) is 0 Å². The summed E-state index contributed by atoms with van der Waals surface area (Å²) < 4.78 is 42.7. The molecule has 0 atom stereocenters. The van der Waals surface area contributed by atoms with Gasteiger partial charge in [-0.25, -0.2) is 0 Å². The van der Waals surface area contributed by atoms with Crippen LogP contribution in [0.2, 0.25) is 0 Å². The number of halogens is 3. The molecule has 1 heterocycles. The number of carbonyl (C=O) groups excluding carboxylic acids is 1. The van der Waals surface area contributed by atoms with Crippen molar-refractivity contribution in [2.75, 3.05) is 5.32 Å². The number of nitrogens with one attached hydrogen (secondary N) is 1. The van der Waals surface area contributed by atoms with Crippen LogP contribution in [-0.4, -0.2) is 22.2 Å². The minimum Gasteiger partial charge on any atom is -0.491 e. The number of nitrogens with zero attached hydrogens (tertiary/aromatic N) is 2. The largest absolute Gasteiger partial charge is 0.491 e. The zero-order valence-corrected chi connectivity index (χ0v) is 13.6. The van der Waals surface area contributed by atoms with Gasteiger partial charge in [0, 0.05) is 6.08 Å². The van der Waals surface area contributed by atoms with Crippen molar-refractivity contribution in [3.63, 3.8) is 0 Å². The Morgan fingerprint density at radius 3 is 2.46 bits per heavy atom. The fourth-order valence-corrected chi connectivity index (χ4v) is 2.25. The summed E-state index contributed by atoms with van der Waals surface area (Å²) in [5.74, 6) is 0.113. The number of rotatable bonds is 5. The smallest absolute Gasteiger partial charge is 0.445 e. The van der Waals surface area contributed by atoms with Crippen molar-refractivity contribution in [2.45, 2.75) is 26.1 Å². The number of benzene rings is 1. The third-order valence-corrected chi connectivity index (χ3v) is 3.46. The highest BCUT2D eigenvalue weighted by molar-refractivity contribution is 7.15. The van der Waals surface area contributed by atoms with Crippen molar-refractivity contribution in [1.29, 1.82) is 0 Å². The number of hydrogen-bond acceptors (Lipinski definition) is 5. The monoisotopic (exact) mass is 357 g/mol. The molecular weight excluding hydrogens is 343 g/mol. The van der Waals surface area contributed by atoms with Crippen LogP contribution < -0.4 is 10.1 Å². The van der Waals surface area contributed by atoms with E-state index in [4.69, 9.17) is 4.74 Å². The summed E-state index contributed by atoms with van der Waals surface area (Å²) in [6, 6.07) is 7.04. The van der Waals surface area contributed by atoms with E-state index >= 15 is 0 Å². The van der Waals surface area contributed by atoms with Crippen molar-refractivity contribution in [2.24, 2.45) is 0 Å². The quantitative estimate of drug-likeness (QED) is 0.822. The van der Waals surface area contributed by atoms with E-state index in [-0.39, 0.29) is 22.6 Å². The van der Waals surface area contributed by atoms with Gasteiger partial charge >= 0.3 is 6.18 Å². The van der Waals surface area contributed by atoms with Gasteiger partial charge in [0.15, 0.2) is 0 Å². The maximum Gasteiger partial charge on any atom is 0.445 e. The average Bonchev–Trinajstić information content (AvgIpc) is 2.94. The van der Waals surface area contributed by atoms with Crippen LogP contribution in [0.1, 0.15) is 24.4 Å². The topological polar surface area (TPSA) is 64.1 Å². The minimum atomic E-state index is -4.57. The van der Waals surface area contributed by atoms with Gasteiger partial charge in [-0.3, -0.25) is 10.1 Å². The molecule has 0 bridgehead atoms. The highest BCUT2D eigenvalue weighted by atomic mass is 32.1. The predicted molar refractivity (Wildman–Crippen MR) is 84.8 cm³/mol. The molecule has 1 amide bonds. The van der Waals surface area contributed by atoms with Crippen molar-refractivity contribution in [3.8, 4) is 5.75 Å². The van der Waals surface area contributed by atoms with Gasteiger partial charge in [0.2, 0.25) is 16.0 Å². The maximum atomic E-state index is 12.4. The molecule has 0 unspecified atom stereocenters. The Bertz CT molecular complexity index is 724. The van der Waals surface area contributed by atoms with Crippen LogP contribution >= 0.6 is 11.3 Å². The van der Waals surface area contributed by atoms with E-state index < -0.39 is 17.1 Å². The summed E-state index contributed by atoms with van der Waals surface area (Å²) in [5.41, 5.74) is 0.745. The maximum absolute atomic E-state index is 12.4. The first kappa shape index (κ1) is 17.9. The van der Waals surface area contributed by atoms with E-state index in [9.17, 15) is 18.0 Å². The highest BCUT2D eigenvalue weighted by Crippen LogP contribution is 2.32. The SMILES string of the molecule is CC(C)Oc1ccc(/C=C/C(=O)Nc2nnc(C(F)(F)F)s2)cc1. The third-order valence-electron chi connectivity index (χ3n) is 2.58. The van der Waals surface area contributed by atoms with Crippen molar-refractivity contribution >= 4 is 28.5 Å². The Morgan fingerprint density at radius 2 is 1.92 bits per heavy atom. The Kier molecular flexibility index (Phi) is 5.55. The normalized spacial score (nSPS) is 11.9. The molecule has 128 valence electrons. The predicted octanol–water partition coefficient (Wildman–Crippen LogP) is 4.00. The zero-order chi connectivity index (χ0) is 17.7. The van der Waals surface area contributed by atoms with Crippen molar-refractivity contribution in [1.82, 2.24) is 10.2 Å². The lowest BCUT2D eigenvalue weighted by molar-refractivity contribution is -0.138. The summed E-state index contributed by atoms with van der Waals surface area (Å²) in [4.78, 5) is 11.7. The lowest BCUT2D eigenvalue weighted by Gasteiger charge is -2.09. The molecule has 1 N–H and O–H groups in total. The van der Waals surface area contributed by atoms with Crippen LogP contribution in [0.25, 0.3) is 6.08 Å². The number of anilines is 1. The Hall–Kier alpha value is -2.42. The molecule has 2 aromatic rings. The molecule has 0 aliphatic rings. The van der Waals surface area contributed by atoms with Gasteiger partial charge in [-0.2, -0.15) is 13.2 Å². The van der Waals surface area contributed by atoms with E-state index in [1.807, 2.05) is 13.8 Å². The van der Waals surface area contributed by atoms with Crippen LogP contribution in [0.4, 0.5) is 18.3 Å². The highest BCUT2D eigenvalue weighted by Gasteiger charge is 2.35. The number of carbonyl (C=O) groups is 1. The van der Waals surface area contributed by atoms with E-state index in [0.717, 1.165) is 5.56 Å². The van der Waals surface area contributed by atoms with E-state index in [1.165, 1.54) is 12.2 Å². The van der Waals surface area contributed by atoms with Gasteiger partial charge < -0.3 is 4.74 Å². The number of alkyl halides is 3. The van der Waals surface area contributed by atoms with Gasteiger partial charge in [0.1, 0.15) is 5.75 Å². The number of amides is 1. The number of hydrogen-bond donors (Lipinski definition) is 1. The van der Waals surface area contributed by atoms with Gasteiger partial charge in [-0.15, -0.1) is 10.2 Å². The van der Waals surface area contributed by atoms with E-state index in [1.54, 1.807) is 24.3 Å². The Balaban J connectivity index is 1.94. The zero-order valence-electron chi connectivity index (χ0n) is 12.8. The summed E-state index contributed by atoms with van der Waals surface area (Å²) >= 11 is 0.268. The summed E-state index contributed by atoms with van der Waals surface area (Å²) in [5, 5.41) is 7.18. The first-order chi connectivity index (χ1) is 11.2. The fraction of sp³-hybridized carbons (Fsp3) is 0.267. The van der Waals surface area contributed by atoms with Crippen LogP contribution in [-0.2, 0) is 11.0 Å². The van der Waals surface area contributed by atoms with Crippen LogP contribution in [0.3, 0.4) is 0 Å². The van der Waals surface area contributed by atoms with E-state index in [0.29, 0.717) is 5.75 Å². The lowest BCUT2D eigenvalue weighted by Crippen LogP contribution is -2.07. The molecule has 0 saturated carbocycles. The second-order valence-electron chi connectivity index (χ2n) is 4.97. The Labute approximate surface area is 140 Å². The van der Waals surface area contributed by atoms with Crippen molar-refractivity contribution < 1.29 is 22.7 Å². The second-order valence-corrected chi connectivity index (χ2v) is 5.95. The van der Waals surface area contributed by atoms with Gasteiger partial charge in [0.05, 0.1) is 6.10 Å². The van der Waals surface area contributed by atoms with Gasteiger partial charge in [-0.1, -0.05) is 23.5 Å². The third kappa shape index (κ3) is 5.34. The molecule has 0 aliphatic carbocycles. The molecule has 9 heteroatoms. The van der Waals surface area contributed by atoms with Gasteiger partial charge in [0.25, 0.3) is 0 Å². The molecule has 0 radical (unpaired) electrons. The van der Waals surface area contributed by atoms with Crippen LogP contribution in [0.5, 0.6) is 5.75 Å². The minimum absolute atomic E-state index is 0.0608. The molecule has 0 spiro atoms. The summed E-state index contributed by atoms with van der Waals surface area (Å²) in [6.07, 6.45) is -1.78. The molecular formula is C15H14F3N3O2S. The van der Waals surface area contributed by atoms with E-state index in [2.05, 4.69) is 15.5 Å². The molecule has 0 saturated heterocycles. The molecule has 1 aromatic heterocycles. The first-order valence-corrected chi connectivity index (χ1v) is 7.72. The fourth-order valence-electron chi connectivity index (χ4n) is 1.64.